The number of benzene rings is 1. The Balaban J connectivity index is 1.97. The molecule has 0 fully saturated rings. The highest BCUT2D eigenvalue weighted by Gasteiger charge is 2.18. The molecule has 1 atom stereocenters. The third kappa shape index (κ3) is 4.79. The Morgan fingerprint density at radius 1 is 1.13 bits per heavy atom. The molecule has 4 nitrogen and oxygen atoms in total. The lowest BCUT2D eigenvalue weighted by Gasteiger charge is -2.25. The first kappa shape index (κ1) is 17.5. The number of hydrogen-bond acceptors (Lipinski definition) is 4. The minimum absolute atomic E-state index is 0.0452. The predicted molar refractivity (Wildman–Crippen MR) is 94.6 cm³/mol. The van der Waals surface area contributed by atoms with Gasteiger partial charge < -0.3 is 4.90 Å². The molecule has 0 spiro atoms. The molecule has 2 rings (SSSR count). The van der Waals surface area contributed by atoms with Crippen molar-refractivity contribution < 1.29 is 4.79 Å². The largest absolute Gasteiger partial charge is 0.338 e. The molecule has 5 heteroatoms. The average Bonchev–Trinajstić information content (AvgIpc) is 2.51. The number of carbonyl (C=O) groups excluding carboxylic acids is 1. The van der Waals surface area contributed by atoms with Gasteiger partial charge in [-0.25, -0.2) is 9.97 Å². The number of nitrogens with zero attached hydrogens (tertiary/aromatic N) is 3. The third-order valence-corrected chi connectivity index (χ3v) is 4.65. The fourth-order valence-electron chi connectivity index (χ4n) is 2.27. The van der Waals surface area contributed by atoms with Crippen molar-refractivity contribution in [3.05, 3.63) is 52.8 Å². The van der Waals surface area contributed by atoms with E-state index in [1.807, 2.05) is 33.9 Å². The van der Waals surface area contributed by atoms with Gasteiger partial charge in [0.05, 0.1) is 11.8 Å². The lowest BCUT2D eigenvalue weighted by atomic mass is 10.1. The van der Waals surface area contributed by atoms with Crippen molar-refractivity contribution in [2.24, 2.45) is 0 Å². The molecule has 23 heavy (non-hydrogen) atoms. The number of hydrogen-bond donors (Lipinski definition) is 0. The second-order valence-corrected chi connectivity index (χ2v) is 6.76. The Labute approximate surface area is 142 Å². The number of rotatable bonds is 5. The topological polar surface area (TPSA) is 46.1 Å². The minimum atomic E-state index is 0.0452. The number of carbonyl (C=O) groups is 1. The summed E-state index contributed by atoms with van der Waals surface area (Å²) < 4.78 is 0. The zero-order valence-corrected chi connectivity index (χ0v) is 15.1. The van der Waals surface area contributed by atoms with Crippen LogP contribution in [0.1, 0.15) is 35.5 Å². The molecule has 0 N–H and O–H groups in total. The van der Waals surface area contributed by atoms with Gasteiger partial charge >= 0.3 is 0 Å². The highest BCUT2D eigenvalue weighted by atomic mass is 32.2. The summed E-state index contributed by atoms with van der Waals surface area (Å²) in [4.78, 5) is 22.9. The molecule has 0 saturated carbocycles. The molecular formula is C18H23N3OS. The van der Waals surface area contributed by atoms with Crippen LogP contribution >= 0.6 is 11.8 Å². The Kier molecular flexibility index (Phi) is 5.77. The molecule has 2 aromatic rings. The van der Waals surface area contributed by atoms with Gasteiger partial charge in [-0.05, 0) is 39.3 Å². The Morgan fingerprint density at radius 2 is 1.70 bits per heavy atom. The van der Waals surface area contributed by atoms with Crippen LogP contribution in [0.25, 0.3) is 0 Å². The summed E-state index contributed by atoms with van der Waals surface area (Å²) in [6.45, 7) is 7.97. The quantitative estimate of drug-likeness (QED) is 0.619. The van der Waals surface area contributed by atoms with E-state index in [1.54, 1.807) is 4.90 Å². The van der Waals surface area contributed by atoms with E-state index >= 15 is 0 Å². The van der Waals surface area contributed by atoms with Gasteiger partial charge in [0.1, 0.15) is 0 Å². The van der Waals surface area contributed by atoms with Crippen molar-refractivity contribution in [3.63, 3.8) is 0 Å². The van der Waals surface area contributed by atoms with E-state index in [-0.39, 0.29) is 11.9 Å². The van der Waals surface area contributed by atoms with E-state index in [0.717, 1.165) is 17.0 Å². The van der Waals surface area contributed by atoms with Gasteiger partial charge in [-0.3, -0.25) is 4.79 Å². The maximum atomic E-state index is 12.4. The lowest BCUT2D eigenvalue weighted by Crippen LogP contribution is -2.31. The lowest BCUT2D eigenvalue weighted by molar-refractivity contribution is -0.128. The van der Waals surface area contributed by atoms with E-state index in [1.165, 1.54) is 17.3 Å². The van der Waals surface area contributed by atoms with Crippen LogP contribution in [0, 0.1) is 20.8 Å². The molecule has 0 bridgehead atoms. The first-order valence-electron chi connectivity index (χ1n) is 7.64. The van der Waals surface area contributed by atoms with E-state index in [2.05, 4.69) is 41.2 Å². The maximum absolute atomic E-state index is 12.4. The fraction of sp³-hybridized carbons (Fsp3) is 0.389. The third-order valence-electron chi connectivity index (χ3n) is 3.82. The van der Waals surface area contributed by atoms with Gasteiger partial charge in [-0.2, -0.15) is 0 Å². The number of thioether (sulfide) groups is 1. The molecule has 122 valence electrons. The smallest absolute Gasteiger partial charge is 0.233 e. The molecule has 0 saturated heterocycles. The van der Waals surface area contributed by atoms with E-state index in [4.69, 9.17) is 0 Å². The van der Waals surface area contributed by atoms with Crippen molar-refractivity contribution in [3.8, 4) is 0 Å². The first-order chi connectivity index (χ1) is 10.9. The number of aromatic nitrogens is 2. The van der Waals surface area contributed by atoms with Crippen LogP contribution in [-0.4, -0.2) is 33.6 Å². The average molecular weight is 329 g/mol. The van der Waals surface area contributed by atoms with Crippen molar-refractivity contribution in [1.29, 1.82) is 0 Å². The Hall–Kier alpha value is -1.88. The molecule has 1 amide bonds. The normalized spacial score (nSPS) is 12.0. The molecule has 0 aliphatic heterocycles. The van der Waals surface area contributed by atoms with Gasteiger partial charge in [0, 0.05) is 18.4 Å². The van der Waals surface area contributed by atoms with Crippen LogP contribution in [0.2, 0.25) is 0 Å². The molecule has 1 unspecified atom stereocenters. The van der Waals surface area contributed by atoms with Crippen LogP contribution in [0.5, 0.6) is 0 Å². The second-order valence-electron chi connectivity index (χ2n) is 5.81. The summed E-state index contributed by atoms with van der Waals surface area (Å²) in [5.41, 5.74) is 4.21. The van der Waals surface area contributed by atoms with Crippen LogP contribution in [0.3, 0.4) is 0 Å². The van der Waals surface area contributed by atoms with E-state index < -0.39 is 0 Å². The molecule has 0 radical (unpaired) electrons. The highest BCUT2D eigenvalue weighted by Crippen LogP contribution is 2.21. The van der Waals surface area contributed by atoms with Crippen LogP contribution in [0.15, 0.2) is 35.5 Å². The van der Waals surface area contributed by atoms with Crippen molar-refractivity contribution in [1.82, 2.24) is 14.9 Å². The second kappa shape index (κ2) is 7.59. The van der Waals surface area contributed by atoms with Crippen LogP contribution < -0.4 is 0 Å². The van der Waals surface area contributed by atoms with E-state index in [0.29, 0.717) is 10.9 Å². The monoisotopic (exact) mass is 329 g/mol. The summed E-state index contributed by atoms with van der Waals surface area (Å²) in [7, 11) is 1.84. The summed E-state index contributed by atoms with van der Waals surface area (Å²) in [6.07, 6.45) is 0. The molecule has 0 aliphatic carbocycles. The van der Waals surface area contributed by atoms with Crippen LogP contribution in [0.4, 0.5) is 0 Å². The van der Waals surface area contributed by atoms with Gasteiger partial charge in [0.2, 0.25) is 5.91 Å². The molecule has 1 aromatic carbocycles. The predicted octanol–water partition coefficient (Wildman–Crippen LogP) is 3.71. The SMILES string of the molecule is Cc1ccc(C(C)N(C)C(=O)CSc2nc(C)cc(C)n2)cc1. The molecule has 1 heterocycles. The number of aryl methyl sites for hydroxylation is 3. The van der Waals surface area contributed by atoms with Crippen LogP contribution in [-0.2, 0) is 4.79 Å². The summed E-state index contributed by atoms with van der Waals surface area (Å²) >= 11 is 1.39. The standard InChI is InChI=1S/C18H23N3OS/c1-12-6-8-16(9-7-12)15(4)21(5)17(22)11-23-18-19-13(2)10-14(3)20-18/h6-10,15H,11H2,1-5H3. The zero-order chi connectivity index (χ0) is 17.0. The van der Waals surface area contributed by atoms with Crippen molar-refractivity contribution >= 4 is 17.7 Å². The summed E-state index contributed by atoms with van der Waals surface area (Å²) in [5, 5.41) is 0.659. The Bertz CT molecular complexity index is 665. The molecule has 1 aromatic heterocycles. The van der Waals surface area contributed by atoms with Gasteiger partial charge in [0.15, 0.2) is 5.16 Å². The van der Waals surface area contributed by atoms with Gasteiger partial charge in [-0.1, -0.05) is 41.6 Å². The summed E-state index contributed by atoms with van der Waals surface area (Å²) in [5.74, 6) is 0.418. The molecular weight excluding hydrogens is 306 g/mol. The van der Waals surface area contributed by atoms with Crippen molar-refractivity contribution in [2.45, 2.75) is 38.9 Å². The highest BCUT2D eigenvalue weighted by molar-refractivity contribution is 7.99. The Morgan fingerprint density at radius 3 is 2.26 bits per heavy atom. The molecule has 0 aliphatic rings. The fourth-order valence-corrected chi connectivity index (χ4v) is 3.14. The number of amides is 1. The first-order valence-corrected chi connectivity index (χ1v) is 8.62. The van der Waals surface area contributed by atoms with Crippen molar-refractivity contribution in [2.75, 3.05) is 12.8 Å². The van der Waals surface area contributed by atoms with E-state index in [9.17, 15) is 4.79 Å². The maximum Gasteiger partial charge on any atom is 0.233 e. The van der Waals surface area contributed by atoms with Gasteiger partial charge in [-0.15, -0.1) is 0 Å². The minimum Gasteiger partial charge on any atom is -0.338 e. The summed E-state index contributed by atoms with van der Waals surface area (Å²) in [6, 6.07) is 10.3. The zero-order valence-electron chi connectivity index (χ0n) is 14.3. The van der Waals surface area contributed by atoms with Gasteiger partial charge in [0.25, 0.3) is 0 Å².